The summed E-state index contributed by atoms with van der Waals surface area (Å²) in [6.07, 6.45) is 1.68. The third-order valence-corrected chi connectivity index (χ3v) is 3.09. The monoisotopic (exact) mass is 346 g/mol. The van der Waals surface area contributed by atoms with Crippen LogP contribution in [0.2, 0.25) is 5.02 Å². The first-order valence-corrected chi connectivity index (χ1v) is 7.88. The molecule has 0 aliphatic rings. The van der Waals surface area contributed by atoms with E-state index in [9.17, 15) is 4.79 Å². The summed E-state index contributed by atoms with van der Waals surface area (Å²) < 4.78 is 10.9. The summed E-state index contributed by atoms with van der Waals surface area (Å²) in [6, 6.07) is 14.2. The summed E-state index contributed by atoms with van der Waals surface area (Å²) in [5.41, 5.74) is 3.26. The minimum atomic E-state index is -0.346. The molecule has 0 aliphatic heterocycles. The smallest absolute Gasteiger partial charge is 0.277 e. The van der Waals surface area contributed by atoms with Gasteiger partial charge in [0.1, 0.15) is 11.5 Å². The van der Waals surface area contributed by atoms with Crippen LogP contribution in [0.4, 0.5) is 0 Å². The number of hydrogen-bond donors (Lipinski definition) is 1. The zero-order valence-corrected chi connectivity index (χ0v) is 14.3. The molecule has 0 aliphatic carbocycles. The van der Waals surface area contributed by atoms with Crippen molar-refractivity contribution in [2.24, 2.45) is 5.10 Å². The largest absolute Gasteiger partial charge is 0.491 e. The average molecular weight is 347 g/mol. The van der Waals surface area contributed by atoms with E-state index in [1.807, 2.05) is 38.1 Å². The van der Waals surface area contributed by atoms with E-state index in [0.29, 0.717) is 10.8 Å². The predicted octanol–water partition coefficient (Wildman–Crippen LogP) is 3.66. The Morgan fingerprint density at radius 2 is 1.75 bits per heavy atom. The number of amides is 1. The number of carbonyl (C=O) groups is 1. The number of ether oxygens (including phenoxy) is 2. The lowest BCUT2D eigenvalue weighted by atomic mass is 10.2. The highest BCUT2D eigenvalue weighted by Gasteiger charge is 2.01. The first-order valence-electron chi connectivity index (χ1n) is 7.50. The highest BCUT2D eigenvalue weighted by atomic mass is 35.5. The van der Waals surface area contributed by atoms with Crippen LogP contribution < -0.4 is 14.9 Å². The minimum absolute atomic E-state index is 0.125. The highest BCUT2D eigenvalue weighted by Crippen LogP contribution is 2.15. The molecule has 126 valence electrons. The molecule has 1 amide bonds. The summed E-state index contributed by atoms with van der Waals surface area (Å²) in [7, 11) is 0. The van der Waals surface area contributed by atoms with Gasteiger partial charge >= 0.3 is 0 Å². The molecule has 5 nitrogen and oxygen atoms in total. The molecule has 6 heteroatoms. The zero-order valence-electron chi connectivity index (χ0n) is 13.5. The van der Waals surface area contributed by atoms with E-state index in [4.69, 9.17) is 21.1 Å². The van der Waals surface area contributed by atoms with Gasteiger partial charge in [0.05, 0.1) is 12.3 Å². The molecular formula is C18H19ClN2O3. The number of benzene rings is 2. The first kappa shape index (κ1) is 17.8. The molecule has 2 aromatic carbocycles. The van der Waals surface area contributed by atoms with Crippen LogP contribution in [0.5, 0.6) is 11.5 Å². The molecular weight excluding hydrogens is 328 g/mol. The molecule has 1 N–H and O–H groups in total. The van der Waals surface area contributed by atoms with Crippen LogP contribution in [0.3, 0.4) is 0 Å². The second-order valence-electron chi connectivity index (χ2n) is 5.27. The lowest BCUT2D eigenvalue weighted by molar-refractivity contribution is -0.123. The van der Waals surface area contributed by atoms with Crippen molar-refractivity contribution in [3.8, 4) is 11.5 Å². The Bertz CT molecular complexity index is 682. The Kier molecular flexibility index (Phi) is 6.63. The number of nitrogens with zero attached hydrogens (tertiary/aromatic N) is 1. The third-order valence-electron chi connectivity index (χ3n) is 2.84. The van der Waals surface area contributed by atoms with Crippen molar-refractivity contribution in [3.05, 3.63) is 59.1 Å². The van der Waals surface area contributed by atoms with Crippen molar-refractivity contribution < 1.29 is 14.3 Å². The highest BCUT2D eigenvalue weighted by molar-refractivity contribution is 6.30. The van der Waals surface area contributed by atoms with Crippen LogP contribution >= 0.6 is 11.6 Å². The average Bonchev–Trinajstić information content (AvgIpc) is 2.55. The van der Waals surface area contributed by atoms with Gasteiger partial charge in [-0.2, -0.15) is 5.10 Å². The van der Waals surface area contributed by atoms with Crippen molar-refractivity contribution in [1.82, 2.24) is 5.43 Å². The molecule has 0 radical (unpaired) electrons. The Labute approximate surface area is 146 Å². The van der Waals surface area contributed by atoms with E-state index >= 15 is 0 Å². The maximum atomic E-state index is 11.7. The van der Waals surface area contributed by atoms with E-state index in [2.05, 4.69) is 10.5 Å². The second-order valence-corrected chi connectivity index (χ2v) is 5.71. The minimum Gasteiger partial charge on any atom is -0.491 e. The SMILES string of the molecule is CC(C)Oc1ccc(C=NNC(=O)COc2ccc(Cl)cc2)cc1. The van der Waals surface area contributed by atoms with Gasteiger partial charge in [0.15, 0.2) is 6.61 Å². The van der Waals surface area contributed by atoms with Gasteiger partial charge in [0.2, 0.25) is 0 Å². The molecule has 0 saturated heterocycles. The van der Waals surface area contributed by atoms with Crippen LogP contribution in [0.25, 0.3) is 0 Å². The number of nitrogens with one attached hydrogen (secondary N) is 1. The Balaban J connectivity index is 1.76. The van der Waals surface area contributed by atoms with Crippen LogP contribution in [0.1, 0.15) is 19.4 Å². The van der Waals surface area contributed by atoms with Crippen LogP contribution in [0, 0.1) is 0 Å². The lowest BCUT2D eigenvalue weighted by Gasteiger charge is -2.09. The molecule has 0 saturated carbocycles. The van der Waals surface area contributed by atoms with Gasteiger partial charge in [-0.3, -0.25) is 4.79 Å². The Morgan fingerprint density at radius 1 is 1.12 bits per heavy atom. The van der Waals surface area contributed by atoms with Crippen LogP contribution in [0.15, 0.2) is 53.6 Å². The van der Waals surface area contributed by atoms with Crippen molar-refractivity contribution in [2.75, 3.05) is 6.61 Å². The number of carbonyl (C=O) groups excluding carboxylic acids is 1. The van der Waals surface area contributed by atoms with Gasteiger partial charge in [-0.15, -0.1) is 0 Å². The van der Waals surface area contributed by atoms with E-state index in [1.54, 1.807) is 30.5 Å². The van der Waals surface area contributed by atoms with Gasteiger partial charge in [-0.25, -0.2) is 5.43 Å². The van der Waals surface area contributed by atoms with Gasteiger partial charge in [0, 0.05) is 5.02 Å². The summed E-state index contributed by atoms with van der Waals surface area (Å²) in [5.74, 6) is 1.02. The van der Waals surface area contributed by atoms with E-state index in [1.165, 1.54) is 0 Å². The molecule has 0 heterocycles. The summed E-state index contributed by atoms with van der Waals surface area (Å²) in [4.78, 5) is 11.7. The van der Waals surface area contributed by atoms with Crippen molar-refractivity contribution >= 4 is 23.7 Å². The van der Waals surface area contributed by atoms with Crippen LogP contribution in [-0.2, 0) is 4.79 Å². The van der Waals surface area contributed by atoms with Crippen molar-refractivity contribution in [1.29, 1.82) is 0 Å². The fourth-order valence-corrected chi connectivity index (χ4v) is 1.92. The summed E-state index contributed by atoms with van der Waals surface area (Å²) in [5, 5.41) is 4.50. The maximum Gasteiger partial charge on any atom is 0.277 e. The summed E-state index contributed by atoms with van der Waals surface area (Å²) >= 11 is 5.77. The quantitative estimate of drug-likeness (QED) is 0.615. The number of hydrogen-bond acceptors (Lipinski definition) is 4. The number of rotatable bonds is 7. The van der Waals surface area contributed by atoms with E-state index in [0.717, 1.165) is 11.3 Å². The zero-order chi connectivity index (χ0) is 17.4. The van der Waals surface area contributed by atoms with Crippen molar-refractivity contribution in [2.45, 2.75) is 20.0 Å². The van der Waals surface area contributed by atoms with Gasteiger partial charge in [-0.05, 0) is 67.9 Å². The number of halogens is 1. The molecule has 24 heavy (non-hydrogen) atoms. The van der Waals surface area contributed by atoms with E-state index < -0.39 is 0 Å². The Hall–Kier alpha value is -2.53. The molecule has 2 aromatic rings. The fraction of sp³-hybridized carbons (Fsp3) is 0.222. The van der Waals surface area contributed by atoms with Gasteiger partial charge < -0.3 is 9.47 Å². The Morgan fingerprint density at radius 3 is 2.38 bits per heavy atom. The van der Waals surface area contributed by atoms with Crippen LogP contribution in [-0.4, -0.2) is 24.8 Å². The molecule has 0 atom stereocenters. The first-order chi connectivity index (χ1) is 11.5. The predicted molar refractivity (Wildman–Crippen MR) is 94.9 cm³/mol. The van der Waals surface area contributed by atoms with Crippen molar-refractivity contribution in [3.63, 3.8) is 0 Å². The number of hydrazone groups is 1. The lowest BCUT2D eigenvalue weighted by Crippen LogP contribution is -2.24. The topological polar surface area (TPSA) is 59.9 Å². The van der Waals surface area contributed by atoms with Gasteiger partial charge in [0.25, 0.3) is 5.91 Å². The molecule has 0 bridgehead atoms. The van der Waals surface area contributed by atoms with E-state index in [-0.39, 0.29) is 18.6 Å². The maximum absolute atomic E-state index is 11.7. The fourth-order valence-electron chi connectivity index (χ4n) is 1.80. The standard InChI is InChI=1S/C18H19ClN2O3/c1-13(2)24-17-7-3-14(4-8-17)11-20-21-18(22)12-23-16-9-5-15(19)6-10-16/h3-11,13H,12H2,1-2H3,(H,21,22). The molecule has 0 spiro atoms. The molecule has 0 fully saturated rings. The molecule has 2 rings (SSSR count). The molecule has 0 unspecified atom stereocenters. The normalized spacial score (nSPS) is 10.8. The molecule has 0 aromatic heterocycles. The summed E-state index contributed by atoms with van der Waals surface area (Å²) in [6.45, 7) is 3.81. The third kappa shape index (κ3) is 6.30. The second kappa shape index (κ2) is 8.93. The van der Waals surface area contributed by atoms with Gasteiger partial charge in [-0.1, -0.05) is 11.6 Å².